The van der Waals surface area contributed by atoms with Gasteiger partial charge in [0.25, 0.3) is 0 Å². The third-order valence-electron chi connectivity index (χ3n) is 7.51. The SMILES string of the molecule is CC(C)OC(=O)N1CCCC(CC(=O)C(F)(F)F)C1COC1CCC2(c3ncc(F)cn3)CC2C1. The summed E-state index contributed by atoms with van der Waals surface area (Å²) in [5.74, 6) is -1.99. The van der Waals surface area contributed by atoms with Crippen LogP contribution < -0.4 is 0 Å². The van der Waals surface area contributed by atoms with Gasteiger partial charge in [-0.1, -0.05) is 0 Å². The Labute approximate surface area is 201 Å². The number of nitrogens with zero attached hydrogens (tertiary/aromatic N) is 3. The lowest BCUT2D eigenvalue weighted by Crippen LogP contribution is -2.52. The maximum atomic E-state index is 13.2. The van der Waals surface area contributed by atoms with Crippen molar-refractivity contribution < 1.29 is 36.6 Å². The Kier molecular flexibility index (Phi) is 7.36. The van der Waals surface area contributed by atoms with Crippen molar-refractivity contribution in [1.82, 2.24) is 14.9 Å². The average Bonchev–Trinajstić information content (AvgIpc) is 3.52. The van der Waals surface area contributed by atoms with Crippen molar-refractivity contribution in [3.05, 3.63) is 24.0 Å². The summed E-state index contributed by atoms with van der Waals surface area (Å²) in [6.07, 6.45) is -0.365. The first-order valence-corrected chi connectivity index (χ1v) is 12.2. The molecule has 5 unspecified atom stereocenters. The van der Waals surface area contributed by atoms with Crippen LogP contribution in [0.25, 0.3) is 0 Å². The molecule has 2 saturated carbocycles. The Morgan fingerprint density at radius 1 is 1.23 bits per heavy atom. The van der Waals surface area contributed by atoms with Crippen molar-refractivity contribution in [2.45, 2.75) is 88.6 Å². The molecule has 2 aliphatic carbocycles. The van der Waals surface area contributed by atoms with Crippen molar-refractivity contribution in [2.24, 2.45) is 11.8 Å². The van der Waals surface area contributed by atoms with Gasteiger partial charge >= 0.3 is 12.3 Å². The number of ketones is 1. The molecule has 4 rings (SSSR count). The van der Waals surface area contributed by atoms with Crippen molar-refractivity contribution >= 4 is 11.9 Å². The summed E-state index contributed by atoms with van der Waals surface area (Å²) < 4.78 is 63.6. The van der Waals surface area contributed by atoms with E-state index in [1.165, 1.54) is 17.3 Å². The second-order valence-corrected chi connectivity index (χ2v) is 10.2. The molecule has 1 aromatic rings. The number of carbonyl (C=O) groups excluding carboxylic acids is 2. The van der Waals surface area contributed by atoms with Crippen molar-refractivity contribution in [3.8, 4) is 0 Å². The van der Waals surface area contributed by atoms with Gasteiger partial charge in [-0.15, -0.1) is 0 Å². The molecule has 194 valence electrons. The predicted molar refractivity (Wildman–Crippen MR) is 116 cm³/mol. The molecule has 5 atom stereocenters. The van der Waals surface area contributed by atoms with Crippen LogP contribution in [-0.4, -0.2) is 64.3 Å². The first-order valence-electron chi connectivity index (χ1n) is 12.2. The largest absolute Gasteiger partial charge is 0.449 e. The van der Waals surface area contributed by atoms with Crippen LogP contribution in [-0.2, 0) is 19.7 Å². The molecule has 1 saturated heterocycles. The van der Waals surface area contributed by atoms with Crippen LogP contribution in [0.15, 0.2) is 12.4 Å². The van der Waals surface area contributed by atoms with Crippen LogP contribution in [0.3, 0.4) is 0 Å². The van der Waals surface area contributed by atoms with Crippen LogP contribution in [0.4, 0.5) is 22.4 Å². The Morgan fingerprint density at radius 2 is 1.94 bits per heavy atom. The second-order valence-electron chi connectivity index (χ2n) is 10.2. The summed E-state index contributed by atoms with van der Waals surface area (Å²) in [6, 6.07) is -0.674. The fourth-order valence-corrected chi connectivity index (χ4v) is 5.64. The highest BCUT2D eigenvalue weighted by Gasteiger charge is 2.60. The monoisotopic (exact) mass is 501 g/mol. The maximum absolute atomic E-state index is 13.2. The number of fused-ring (bicyclic) bond motifs is 1. The second kappa shape index (κ2) is 9.99. The summed E-state index contributed by atoms with van der Waals surface area (Å²) in [7, 11) is 0. The fourth-order valence-electron chi connectivity index (χ4n) is 5.64. The number of halogens is 4. The van der Waals surface area contributed by atoms with E-state index < -0.39 is 42.3 Å². The van der Waals surface area contributed by atoms with E-state index in [2.05, 4.69) is 9.97 Å². The quantitative estimate of drug-likeness (QED) is 0.509. The van der Waals surface area contributed by atoms with Gasteiger partial charge in [0.05, 0.1) is 37.3 Å². The van der Waals surface area contributed by atoms with E-state index in [9.17, 15) is 27.2 Å². The molecule has 0 spiro atoms. The smallest absolute Gasteiger partial charge is 0.447 e. The molecule has 11 heteroatoms. The summed E-state index contributed by atoms with van der Waals surface area (Å²) in [5, 5.41) is 0. The van der Waals surface area contributed by atoms with Gasteiger partial charge in [0, 0.05) is 18.4 Å². The van der Waals surface area contributed by atoms with Gasteiger partial charge in [0.2, 0.25) is 5.78 Å². The van der Waals surface area contributed by atoms with Gasteiger partial charge in [0.15, 0.2) is 5.82 Å². The lowest BCUT2D eigenvalue weighted by Gasteiger charge is -2.41. The Balaban J connectivity index is 1.40. The van der Waals surface area contributed by atoms with Gasteiger partial charge in [0.1, 0.15) is 5.82 Å². The number of piperidine rings is 1. The molecule has 1 amide bonds. The van der Waals surface area contributed by atoms with E-state index in [1.807, 2.05) is 0 Å². The summed E-state index contributed by atoms with van der Waals surface area (Å²) in [4.78, 5) is 34.2. The number of rotatable bonds is 7. The van der Waals surface area contributed by atoms with E-state index in [0.29, 0.717) is 37.5 Å². The average molecular weight is 502 g/mol. The minimum atomic E-state index is -4.91. The van der Waals surface area contributed by atoms with Crippen LogP contribution >= 0.6 is 0 Å². The molecule has 3 fully saturated rings. The van der Waals surface area contributed by atoms with E-state index in [1.54, 1.807) is 13.8 Å². The van der Waals surface area contributed by atoms with Crippen molar-refractivity contribution in [2.75, 3.05) is 13.2 Å². The van der Waals surface area contributed by atoms with Crippen LogP contribution in [0.5, 0.6) is 0 Å². The molecule has 0 N–H and O–H groups in total. The number of likely N-dealkylation sites (tertiary alicyclic amines) is 1. The number of alkyl halides is 3. The van der Waals surface area contributed by atoms with E-state index in [0.717, 1.165) is 19.3 Å². The molecular weight excluding hydrogens is 470 g/mol. The van der Waals surface area contributed by atoms with Gasteiger partial charge in [-0.25, -0.2) is 19.2 Å². The fraction of sp³-hybridized carbons (Fsp3) is 0.750. The number of amides is 1. The standard InChI is InChI=1S/C24H31F4N3O4/c1-14(2)35-22(33)31-7-3-4-15(8-20(32)24(26,27)28)19(31)13-34-18-5-6-23(10-16(23)9-18)21-29-11-17(25)12-30-21/h11-12,14-16,18-19H,3-10,13H2,1-2H3. The third-order valence-corrected chi connectivity index (χ3v) is 7.51. The molecule has 1 aromatic heterocycles. The maximum Gasteiger partial charge on any atom is 0.449 e. The van der Waals surface area contributed by atoms with E-state index in [4.69, 9.17) is 9.47 Å². The highest BCUT2D eigenvalue weighted by atomic mass is 19.4. The Hall–Kier alpha value is -2.30. The molecule has 1 aliphatic heterocycles. The zero-order valence-electron chi connectivity index (χ0n) is 19.9. The number of hydrogen-bond acceptors (Lipinski definition) is 6. The van der Waals surface area contributed by atoms with Gasteiger partial charge in [-0.3, -0.25) is 4.79 Å². The number of hydrogen-bond donors (Lipinski definition) is 0. The van der Waals surface area contributed by atoms with Crippen LogP contribution in [0.1, 0.15) is 64.6 Å². The number of carbonyl (C=O) groups is 2. The number of Topliss-reactive ketones (excluding diaryl/α,β-unsaturated/α-hetero) is 1. The minimum absolute atomic E-state index is 0.0421. The topological polar surface area (TPSA) is 81.6 Å². The molecule has 7 nitrogen and oxygen atoms in total. The molecule has 0 radical (unpaired) electrons. The zero-order chi connectivity index (χ0) is 25.4. The summed E-state index contributed by atoms with van der Waals surface area (Å²) in [5.41, 5.74) is -0.160. The van der Waals surface area contributed by atoms with Crippen molar-refractivity contribution in [1.29, 1.82) is 0 Å². The summed E-state index contributed by atoms with van der Waals surface area (Å²) >= 11 is 0. The van der Waals surface area contributed by atoms with Crippen LogP contribution in [0, 0.1) is 17.7 Å². The molecule has 3 aliphatic rings. The zero-order valence-corrected chi connectivity index (χ0v) is 19.9. The molecule has 2 heterocycles. The molecule has 35 heavy (non-hydrogen) atoms. The lowest BCUT2D eigenvalue weighted by atomic mass is 9.84. The van der Waals surface area contributed by atoms with E-state index >= 15 is 0 Å². The van der Waals surface area contributed by atoms with E-state index in [-0.39, 0.29) is 24.2 Å². The molecule has 0 aromatic carbocycles. The highest BCUT2D eigenvalue weighted by molar-refractivity contribution is 5.84. The van der Waals surface area contributed by atoms with Crippen molar-refractivity contribution in [3.63, 3.8) is 0 Å². The first kappa shape index (κ1) is 25.8. The number of aromatic nitrogens is 2. The Morgan fingerprint density at radius 3 is 2.57 bits per heavy atom. The molecule has 0 bridgehead atoms. The molecular formula is C24H31F4N3O4. The van der Waals surface area contributed by atoms with Crippen LogP contribution in [0.2, 0.25) is 0 Å². The van der Waals surface area contributed by atoms with Gasteiger partial charge in [-0.2, -0.15) is 13.2 Å². The predicted octanol–water partition coefficient (Wildman–Crippen LogP) is 4.59. The Bertz CT molecular complexity index is 926. The lowest BCUT2D eigenvalue weighted by molar-refractivity contribution is -0.173. The minimum Gasteiger partial charge on any atom is -0.447 e. The normalized spacial score (nSPS) is 30.7. The van der Waals surface area contributed by atoms with Gasteiger partial charge < -0.3 is 14.4 Å². The van der Waals surface area contributed by atoms with Gasteiger partial charge in [-0.05, 0) is 64.2 Å². The number of ether oxygens (including phenoxy) is 2. The highest BCUT2D eigenvalue weighted by Crippen LogP contribution is 2.61. The summed E-state index contributed by atoms with van der Waals surface area (Å²) in [6.45, 7) is 3.79. The first-order chi connectivity index (χ1) is 16.5. The third kappa shape index (κ3) is 5.76.